The first-order chi connectivity index (χ1) is 43.5. The van der Waals surface area contributed by atoms with Crippen LogP contribution >= 0.6 is 0 Å². The predicted octanol–water partition coefficient (Wildman–Crippen LogP) is 21.1. The van der Waals surface area contributed by atoms with Gasteiger partial charge in [0, 0.05) is 32.3 Å². The van der Waals surface area contributed by atoms with Gasteiger partial charge in [0.2, 0.25) is 0 Å². The monoisotopic (exact) mass is 1120 g/mol. The molecule has 3 aromatic heterocycles. The molecule has 410 valence electrons. The number of rotatable bonds is 11. The predicted molar refractivity (Wildman–Crippen MR) is 364 cm³/mol. The van der Waals surface area contributed by atoms with Crippen LogP contribution in [0.2, 0.25) is 0 Å². The molecule has 0 N–H and O–H groups in total. The number of nitrogens with zero attached hydrogens (tertiary/aromatic N) is 6. The molecule has 0 saturated carbocycles. The van der Waals surface area contributed by atoms with Gasteiger partial charge in [0.25, 0.3) is 0 Å². The molecule has 15 aromatic rings. The molecular weight excluding hydrogens is 1070 g/mol. The lowest BCUT2D eigenvalue weighted by Gasteiger charge is -2.23. The lowest BCUT2D eigenvalue weighted by atomic mass is 9.96. The average Bonchev–Trinajstić information content (AvgIpc) is 1.52. The summed E-state index contributed by atoms with van der Waals surface area (Å²) in [5, 5.41) is 42.9. The Hall–Kier alpha value is -12.3. The van der Waals surface area contributed by atoms with Crippen LogP contribution in [0.25, 0.3) is 144 Å². The van der Waals surface area contributed by atoms with Crippen molar-refractivity contribution in [2.75, 3.05) is 0 Å². The average molecular weight is 1120 g/mol. The minimum atomic E-state index is 0.170. The van der Waals surface area contributed by atoms with Crippen molar-refractivity contribution in [3.05, 3.63) is 314 Å². The normalized spacial score (nSPS) is 11.7. The highest BCUT2D eigenvalue weighted by atomic mass is 15.1. The molecular formula is C82H52N6. The van der Waals surface area contributed by atoms with E-state index in [1.165, 1.54) is 0 Å². The van der Waals surface area contributed by atoms with Crippen LogP contribution in [0.3, 0.4) is 0 Å². The van der Waals surface area contributed by atoms with E-state index in [4.69, 9.17) is 0 Å². The Morgan fingerprint density at radius 1 is 0.318 bits per heavy atom. The van der Waals surface area contributed by atoms with E-state index in [2.05, 4.69) is 214 Å². The molecule has 0 aliphatic carbocycles. The fourth-order valence-corrected chi connectivity index (χ4v) is 13.2. The number of hydrogen-bond donors (Lipinski definition) is 0. The van der Waals surface area contributed by atoms with Crippen LogP contribution in [0.1, 0.15) is 29.2 Å². The van der Waals surface area contributed by atoms with Crippen LogP contribution in [-0.4, -0.2) is 13.7 Å². The minimum Gasteiger partial charge on any atom is -0.306 e. The molecule has 6 heteroatoms. The van der Waals surface area contributed by atoms with Crippen LogP contribution < -0.4 is 0 Å². The summed E-state index contributed by atoms with van der Waals surface area (Å²) in [6.07, 6.45) is 7.93. The zero-order valence-electron chi connectivity index (χ0n) is 48.0. The second-order valence-corrected chi connectivity index (χ2v) is 22.1. The van der Waals surface area contributed by atoms with Crippen LogP contribution in [0.15, 0.2) is 292 Å². The molecule has 0 unspecified atom stereocenters. The van der Waals surface area contributed by atoms with Crippen molar-refractivity contribution in [2.24, 2.45) is 0 Å². The van der Waals surface area contributed by atoms with E-state index in [-0.39, 0.29) is 16.7 Å². The fourth-order valence-electron chi connectivity index (χ4n) is 13.2. The van der Waals surface area contributed by atoms with Gasteiger partial charge in [-0.25, -0.2) is 0 Å². The number of benzene rings is 12. The third kappa shape index (κ3) is 8.54. The second kappa shape index (κ2) is 21.7. The molecule has 6 nitrogen and oxygen atoms in total. The molecule has 0 bridgehead atoms. The van der Waals surface area contributed by atoms with Gasteiger partial charge >= 0.3 is 0 Å². The third-order valence-electron chi connectivity index (χ3n) is 17.3. The summed E-state index contributed by atoms with van der Waals surface area (Å²) in [7, 11) is 0. The molecule has 3 heterocycles. The Morgan fingerprint density at radius 3 is 0.807 bits per heavy atom. The smallest absolute Gasteiger partial charge is 0.104 e. The number of fused-ring (bicyclic) bond motifs is 9. The van der Waals surface area contributed by atoms with Crippen molar-refractivity contribution in [1.82, 2.24) is 13.7 Å². The van der Waals surface area contributed by atoms with Crippen molar-refractivity contribution in [3.63, 3.8) is 0 Å². The summed E-state index contributed by atoms with van der Waals surface area (Å²) in [6, 6.07) is 98.5. The molecule has 0 atom stereocenters. The highest BCUT2D eigenvalue weighted by Crippen LogP contribution is 2.48. The Morgan fingerprint density at radius 2 is 0.568 bits per heavy atom. The Kier molecular flexibility index (Phi) is 13.0. The molecule has 88 heavy (non-hydrogen) atoms. The molecule has 0 amide bonds. The van der Waals surface area contributed by atoms with Crippen molar-refractivity contribution in [2.45, 2.75) is 6.92 Å². The van der Waals surface area contributed by atoms with E-state index >= 15 is 0 Å². The molecule has 0 spiro atoms. The Balaban J connectivity index is 1.14. The molecule has 0 fully saturated rings. The minimum absolute atomic E-state index is 0.170. The van der Waals surface area contributed by atoms with Gasteiger partial charge in [-0.1, -0.05) is 219 Å². The first-order valence-corrected chi connectivity index (χ1v) is 29.4. The van der Waals surface area contributed by atoms with E-state index in [1.54, 1.807) is 0 Å². The van der Waals surface area contributed by atoms with Crippen molar-refractivity contribution in [1.29, 1.82) is 15.8 Å². The largest absolute Gasteiger partial charge is 0.306 e. The first kappa shape index (κ1) is 52.5. The van der Waals surface area contributed by atoms with Crippen LogP contribution in [0.4, 0.5) is 0 Å². The van der Waals surface area contributed by atoms with Gasteiger partial charge in [-0.15, -0.1) is 0 Å². The summed E-state index contributed by atoms with van der Waals surface area (Å²) in [4.78, 5) is 0. The lowest BCUT2D eigenvalue weighted by molar-refractivity contribution is 1.06. The summed E-state index contributed by atoms with van der Waals surface area (Å²) in [5.74, 6) is 0. The van der Waals surface area contributed by atoms with E-state index in [0.717, 1.165) is 132 Å². The third-order valence-corrected chi connectivity index (χ3v) is 17.3. The highest BCUT2D eigenvalue weighted by molar-refractivity contribution is 6.16. The summed E-state index contributed by atoms with van der Waals surface area (Å²) >= 11 is 0. The van der Waals surface area contributed by atoms with Crippen LogP contribution in [0, 0.1) is 34.0 Å². The Labute approximate surface area is 509 Å². The second-order valence-electron chi connectivity index (χ2n) is 22.1. The number of hydrogen-bond acceptors (Lipinski definition) is 3. The van der Waals surface area contributed by atoms with E-state index in [9.17, 15) is 15.8 Å². The summed E-state index contributed by atoms with van der Waals surface area (Å²) in [6.45, 7) is 6.22. The lowest BCUT2D eigenvalue weighted by Crippen LogP contribution is -2.14. The zero-order valence-corrected chi connectivity index (χ0v) is 48.0. The van der Waals surface area contributed by atoms with Crippen molar-refractivity contribution >= 4 is 71.0 Å². The van der Waals surface area contributed by atoms with Gasteiger partial charge in [0.1, 0.15) is 34.9 Å². The fraction of sp³-hybridized carbons (Fsp3) is 0.0122. The molecule has 0 aliphatic heterocycles. The number of nitriles is 3. The van der Waals surface area contributed by atoms with Gasteiger partial charge in [-0.2, -0.15) is 15.8 Å². The maximum Gasteiger partial charge on any atom is 0.104 e. The molecule has 0 saturated heterocycles. The topological polar surface area (TPSA) is 86.2 Å². The van der Waals surface area contributed by atoms with E-state index in [1.807, 2.05) is 116 Å². The summed E-state index contributed by atoms with van der Waals surface area (Å²) in [5.41, 5.74) is 18.6. The number of allylic oxidation sites excluding steroid dienone is 5. The molecule has 12 aromatic carbocycles. The zero-order chi connectivity index (χ0) is 59.4. The van der Waals surface area contributed by atoms with Crippen molar-refractivity contribution in [3.8, 4) is 90.9 Å². The molecule has 0 aliphatic rings. The summed E-state index contributed by atoms with van der Waals surface area (Å²) < 4.78 is 6.31. The van der Waals surface area contributed by atoms with E-state index < -0.39 is 0 Å². The van der Waals surface area contributed by atoms with Crippen LogP contribution in [-0.2, 0) is 0 Å². The van der Waals surface area contributed by atoms with Gasteiger partial charge in [0.15, 0.2) is 0 Å². The Bertz CT molecular complexity index is 5090. The molecule has 0 radical (unpaired) electrons. The number of aromatic nitrogens is 3. The van der Waals surface area contributed by atoms with Crippen molar-refractivity contribution < 1.29 is 0 Å². The maximum atomic E-state index is 12.5. The highest BCUT2D eigenvalue weighted by Gasteiger charge is 2.33. The standard InChI is InChI=1S/C82H52N6/c1-3-5-21-53(4-2)59-32-38-74-65(44-59)66-45-60(54-22-11-6-12-23-54)33-39-75(66)86(74)80-71(50-83)81(87-76-40-34-61(55-24-13-7-14-25-55)46-67(76)68-47-62(35-41-77(68)87)56-26-15-8-16-27-56)73(52-85)82(72(80)51-84)88-78-42-36-63(57-28-17-9-18-29-57)48-69(78)70-49-64(37-43-79(70)88)58-30-19-10-20-31-58/h3-49H,2H2,1H3/b5-3-,53-21+. The van der Waals surface area contributed by atoms with Gasteiger partial charge < -0.3 is 13.7 Å². The van der Waals surface area contributed by atoms with E-state index in [0.29, 0.717) is 17.1 Å². The van der Waals surface area contributed by atoms with Gasteiger partial charge in [-0.3, -0.25) is 0 Å². The quantitative estimate of drug-likeness (QED) is 0.121. The van der Waals surface area contributed by atoms with Gasteiger partial charge in [0.05, 0.1) is 50.2 Å². The maximum absolute atomic E-state index is 12.5. The SMILES string of the molecule is C=C/C(=C\C=C/C)c1ccc2c(c1)c1cc(-c3ccccc3)ccc1n2-c1c(C#N)c(-n2c3ccc(-c4ccccc4)cc3c3cc(-c4ccccc4)ccc32)c(C#N)c(-n2c3ccc(-c4ccccc4)cc3c3cc(-c4ccccc4)ccc32)c1C#N. The van der Waals surface area contributed by atoms with Crippen LogP contribution in [0.5, 0.6) is 0 Å². The molecule has 15 rings (SSSR count). The first-order valence-electron chi connectivity index (χ1n) is 29.4. The van der Waals surface area contributed by atoms with Gasteiger partial charge in [-0.05, 0) is 146 Å².